The summed E-state index contributed by atoms with van der Waals surface area (Å²) in [6.45, 7) is 9.58. The van der Waals surface area contributed by atoms with Gasteiger partial charge in [-0.15, -0.1) is 11.8 Å². The van der Waals surface area contributed by atoms with Gasteiger partial charge in [-0.1, -0.05) is 12.1 Å². The molecule has 1 amide bonds. The third kappa shape index (κ3) is 4.53. The van der Waals surface area contributed by atoms with Crippen LogP contribution in [0, 0.1) is 0 Å². The second-order valence-corrected chi connectivity index (χ2v) is 5.77. The number of thioether (sulfide) groups is 1. The Kier molecular flexibility index (Phi) is 7.10. The average Bonchev–Trinajstić information content (AvgIpc) is 2.48. The molecule has 2 atom stereocenters. The summed E-state index contributed by atoms with van der Waals surface area (Å²) < 4.78 is 0. The Hall–Kier alpha value is -1.00. The summed E-state index contributed by atoms with van der Waals surface area (Å²) in [6.07, 6.45) is 2.07. The standard InChI is InChI=1S/C16H26N2OS/c1-6-18(7-2)16(19)13(4)17-12(3)14-8-10-15(20-5)11-9-14/h8-13,17H,6-7H2,1-5H3. The molecule has 0 fully saturated rings. The van der Waals surface area contributed by atoms with E-state index in [1.807, 2.05) is 25.7 Å². The summed E-state index contributed by atoms with van der Waals surface area (Å²) in [6, 6.07) is 8.49. The van der Waals surface area contributed by atoms with Crippen molar-refractivity contribution in [2.75, 3.05) is 19.3 Å². The highest BCUT2D eigenvalue weighted by Crippen LogP contribution is 2.19. The van der Waals surface area contributed by atoms with Crippen molar-refractivity contribution in [1.29, 1.82) is 0 Å². The number of hydrogen-bond donors (Lipinski definition) is 1. The maximum atomic E-state index is 12.2. The molecule has 112 valence electrons. The predicted molar refractivity (Wildman–Crippen MR) is 87.2 cm³/mol. The molecule has 0 aliphatic heterocycles. The molecule has 1 aromatic carbocycles. The van der Waals surface area contributed by atoms with E-state index in [2.05, 4.69) is 42.8 Å². The van der Waals surface area contributed by atoms with Crippen LogP contribution in [0.25, 0.3) is 0 Å². The quantitative estimate of drug-likeness (QED) is 0.783. The first-order valence-electron chi connectivity index (χ1n) is 7.22. The van der Waals surface area contributed by atoms with Crippen LogP contribution in [-0.4, -0.2) is 36.2 Å². The number of likely N-dealkylation sites (N-methyl/N-ethyl adjacent to an activating group) is 1. The summed E-state index contributed by atoms with van der Waals surface area (Å²) >= 11 is 1.74. The number of amides is 1. The summed E-state index contributed by atoms with van der Waals surface area (Å²) in [5, 5.41) is 3.38. The number of nitrogens with one attached hydrogen (secondary N) is 1. The Morgan fingerprint density at radius 2 is 1.75 bits per heavy atom. The molecule has 0 aliphatic carbocycles. The molecular weight excluding hydrogens is 268 g/mol. The Labute approximate surface area is 127 Å². The zero-order valence-electron chi connectivity index (χ0n) is 13.1. The van der Waals surface area contributed by atoms with Crippen molar-refractivity contribution in [3.05, 3.63) is 29.8 Å². The van der Waals surface area contributed by atoms with Gasteiger partial charge in [0, 0.05) is 24.0 Å². The normalized spacial score (nSPS) is 13.8. The third-order valence-corrected chi connectivity index (χ3v) is 4.30. The Morgan fingerprint density at radius 3 is 2.20 bits per heavy atom. The number of carbonyl (C=O) groups excluding carboxylic acids is 1. The van der Waals surface area contributed by atoms with Crippen LogP contribution in [0.2, 0.25) is 0 Å². The molecule has 0 spiro atoms. The number of nitrogens with zero attached hydrogens (tertiary/aromatic N) is 1. The fraction of sp³-hybridized carbons (Fsp3) is 0.562. The van der Waals surface area contributed by atoms with Gasteiger partial charge in [0.15, 0.2) is 0 Å². The van der Waals surface area contributed by atoms with Crippen LogP contribution < -0.4 is 5.32 Å². The van der Waals surface area contributed by atoms with Gasteiger partial charge >= 0.3 is 0 Å². The minimum Gasteiger partial charge on any atom is -0.342 e. The number of carbonyl (C=O) groups is 1. The lowest BCUT2D eigenvalue weighted by Crippen LogP contribution is -2.45. The van der Waals surface area contributed by atoms with Crippen LogP contribution in [0.4, 0.5) is 0 Å². The summed E-state index contributed by atoms with van der Waals surface area (Å²) in [4.78, 5) is 15.4. The first kappa shape index (κ1) is 17.1. The molecular formula is C16H26N2OS. The van der Waals surface area contributed by atoms with E-state index in [1.54, 1.807) is 11.8 Å². The first-order valence-corrected chi connectivity index (χ1v) is 8.44. The van der Waals surface area contributed by atoms with Gasteiger partial charge in [0.1, 0.15) is 0 Å². The molecule has 0 heterocycles. The van der Waals surface area contributed by atoms with Gasteiger partial charge in [-0.2, -0.15) is 0 Å². The molecule has 0 radical (unpaired) electrons. The summed E-state index contributed by atoms with van der Waals surface area (Å²) in [5.41, 5.74) is 1.21. The minimum atomic E-state index is -0.162. The van der Waals surface area contributed by atoms with Gasteiger partial charge in [0.25, 0.3) is 0 Å². The second-order valence-electron chi connectivity index (χ2n) is 4.89. The van der Waals surface area contributed by atoms with Crippen LogP contribution in [0.5, 0.6) is 0 Å². The third-order valence-electron chi connectivity index (χ3n) is 3.56. The highest BCUT2D eigenvalue weighted by atomic mass is 32.2. The number of benzene rings is 1. The zero-order valence-corrected chi connectivity index (χ0v) is 14.0. The summed E-state index contributed by atoms with van der Waals surface area (Å²) in [5.74, 6) is 0.169. The van der Waals surface area contributed by atoms with E-state index < -0.39 is 0 Å². The monoisotopic (exact) mass is 294 g/mol. The fourth-order valence-electron chi connectivity index (χ4n) is 2.24. The average molecular weight is 294 g/mol. The maximum absolute atomic E-state index is 12.2. The van der Waals surface area contributed by atoms with E-state index in [1.165, 1.54) is 10.5 Å². The van der Waals surface area contributed by atoms with E-state index in [0.717, 1.165) is 13.1 Å². The molecule has 0 aromatic heterocycles. The summed E-state index contributed by atoms with van der Waals surface area (Å²) in [7, 11) is 0. The second kappa shape index (κ2) is 8.32. The van der Waals surface area contributed by atoms with Crippen molar-refractivity contribution < 1.29 is 4.79 Å². The van der Waals surface area contributed by atoms with E-state index in [0.29, 0.717) is 0 Å². The molecule has 20 heavy (non-hydrogen) atoms. The topological polar surface area (TPSA) is 32.3 Å². The van der Waals surface area contributed by atoms with Crippen LogP contribution in [0.1, 0.15) is 39.3 Å². The number of rotatable bonds is 7. The van der Waals surface area contributed by atoms with Crippen LogP contribution in [-0.2, 0) is 4.79 Å². The van der Waals surface area contributed by atoms with Gasteiger partial charge in [-0.05, 0) is 51.6 Å². The van der Waals surface area contributed by atoms with Crippen LogP contribution >= 0.6 is 11.8 Å². The van der Waals surface area contributed by atoms with Crippen molar-refractivity contribution in [2.45, 2.75) is 44.7 Å². The predicted octanol–water partition coefficient (Wildman–Crippen LogP) is 3.32. The molecule has 3 nitrogen and oxygen atoms in total. The molecule has 0 saturated carbocycles. The molecule has 1 aromatic rings. The smallest absolute Gasteiger partial charge is 0.239 e. The van der Waals surface area contributed by atoms with Gasteiger partial charge in [0.2, 0.25) is 5.91 Å². The highest BCUT2D eigenvalue weighted by molar-refractivity contribution is 7.98. The molecule has 0 aliphatic rings. The van der Waals surface area contributed by atoms with E-state index >= 15 is 0 Å². The molecule has 0 bridgehead atoms. The van der Waals surface area contributed by atoms with Crippen molar-refractivity contribution in [1.82, 2.24) is 10.2 Å². The van der Waals surface area contributed by atoms with Crippen molar-refractivity contribution in [3.63, 3.8) is 0 Å². The minimum absolute atomic E-state index is 0.162. The van der Waals surface area contributed by atoms with Crippen LogP contribution in [0.3, 0.4) is 0 Å². The molecule has 0 saturated heterocycles. The van der Waals surface area contributed by atoms with Crippen molar-refractivity contribution in [2.24, 2.45) is 0 Å². The molecule has 2 unspecified atom stereocenters. The Morgan fingerprint density at radius 1 is 1.20 bits per heavy atom. The lowest BCUT2D eigenvalue weighted by Gasteiger charge is -2.26. The van der Waals surface area contributed by atoms with Gasteiger partial charge in [-0.3, -0.25) is 10.1 Å². The Bertz CT molecular complexity index is 415. The lowest BCUT2D eigenvalue weighted by molar-refractivity contribution is -0.132. The molecule has 1 rings (SSSR count). The van der Waals surface area contributed by atoms with Gasteiger partial charge in [-0.25, -0.2) is 0 Å². The zero-order chi connectivity index (χ0) is 15.1. The van der Waals surface area contributed by atoms with Crippen LogP contribution in [0.15, 0.2) is 29.2 Å². The largest absolute Gasteiger partial charge is 0.342 e. The van der Waals surface area contributed by atoms with E-state index in [-0.39, 0.29) is 18.0 Å². The first-order chi connectivity index (χ1) is 9.53. The van der Waals surface area contributed by atoms with Crippen molar-refractivity contribution >= 4 is 17.7 Å². The molecule has 4 heteroatoms. The fourth-order valence-corrected chi connectivity index (χ4v) is 2.65. The SMILES string of the molecule is CCN(CC)C(=O)C(C)NC(C)c1ccc(SC)cc1. The Balaban J connectivity index is 2.64. The molecule has 1 N–H and O–H groups in total. The van der Waals surface area contributed by atoms with Crippen molar-refractivity contribution in [3.8, 4) is 0 Å². The van der Waals surface area contributed by atoms with Gasteiger partial charge < -0.3 is 4.90 Å². The number of hydrogen-bond acceptors (Lipinski definition) is 3. The highest BCUT2D eigenvalue weighted by Gasteiger charge is 2.20. The maximum Gasteiger partial charge on any atom is 0.239 e. The van der Waals surface area contributed by atoms with E-state index in [4.69, 9.17) is 0 Å². The van der Waals surface area contributed by atoms with E-state index in [9.17, 15) is 4.79 Å². The van der Waals surface area contributed by atoms with Gasteiger partial charge in [0.05, 0.1) is 6.04 Å². The lowest BCUT2D eigenvalue weighted by atomic mass is 10.1.